The predicted molar refractivity (Wildman–Crippen MR) is 58.0 cm³/mol. The molecular formula is C10H10BrN3. The molecule has 14 heavy (non-hydrogen) atoms. The SMILES string of the molecule is Cn1ncnc1Cc1cccc(Br)c1. The topological polar surface area (TPSA) is 30.7 Å². The van der Waals surface area contributed by atoms with Crippen molar-refractivity contribution in [2.24, 2.45) is 7.05 Å². The number of aryl methyl sites for hydroxylation is 1. The summed E-state index contributed by atoms with van der Waals surface area (Å²) in [5.41, 5.74) is 1.23. The molecule has 2 rings (SSSR count). The van der Waals surface area contributed by atoms with Gasteiger partial charge in [-0.05, 0) is 17.7 Å². The van der Waals surface area contributed by atoms with E-state index in [1.165, 1.54) is 5.56 Å². The molecule has 4 heteroatoms. The third-order valence-corrected chi connectivity index (χ3v) is 2.55. The molecule has 1 heterocycles. The van der Waals surface area contributed by atoms with Crippen LogP contribution in [0.5, 0.6) is 0 Å². The number of halogens is 1. The molecule has 0 amide bonds. The zero-order chi connectivity index (χ0) is 9.97. The Balaban J connectivity index is 2.23. The minimum absolute atomic E-state index is 0.815. The van der Waals surface area contributed by atoms with Gasteiger partial charge in [-0.15, -0.1) is 0 Å². The van der Waals surface area contributed by atoms with Gasteiger partial charge in [0.05, 0.1) is 0 Å². The summed E-state index contributed by atoms with van der Waals surface area (Å²) in [4.78, 5) is 4.18. The van der Waals surface area contributed by atoms with E-state index >= 15 is 0 Å². The van der Waals surface area contributed by atoms with Crippen LogP contribution in [0.1, 0.15) is 11.4 Å². The number of benzene rings is 1. The van der Waals surface area contributed by atoms with Crippen LogP contribution in [0.4, 0.5) is 0 Å². The van der Waals surface area contributed by atoms with Gasteiger partial charge in [-0.25, -0.2) is 4.98 Å². The Morgan fingerprint density at radius 2 is 2.29 bits per heavy atom. The molecule has 0 unspecified atom stereocenters. The van der Waals surface area contributed by atoms with Gasteiger partial charge in [0.15, 0.2) is 0 Å². The third kappa shape index (κ3) is 2.01. The smallest absolute Gasteiger partial charge is 0.138 e. The van der Waals surface area contributed by atoms with Gasteiger partial charge in [0.1, 0.15) is 12.2 Å². The second kappa shape index (κ2) is 3.92. The molecule has 1 aromatic carbocycles. The molecule has 0 bridgehead atoms. The lowest BCUT2D eigenvalue weighted by Crippen LogP contribution is -2.00. The van der Waals surface area contributed by atoms with E-state index < -0.39 is 0 Å². The first-order valence-electron chi connectivity index (χ1n) is 4.33. The maximum Gasteiger partial charge on any atom is 0.138 e. The van der Waals surface area contributed by atoms with Gasteiger partial charge < -0.3 is 0 Å². The average molecular weight is 252 g/mol. The molecule has 2 aromatic rings. The minimum atomic E-state index is 0.815. The van der Waals surface area contributed by atoms with Gasteiger partial charge in [-0.3, -0.25) is 4.68 Å². The van der Waals surface area contributed by atoms with Gasteiger partial charge in [-0.1, -0.05) is 28.1 Å². The molecule has 0 radical (unpaired) electrons. The van der Waals surface area contributed by atoms with E-state index in [1.54, 1.807) is 11.0 Å². The van der Waals surface area contributed by atoms with Gasteiger partial charge in [0, 0.05) is 17.9 Å². The Bertz CT molecular complexity index is 436. The van der Waals surface area contributed by atoms with E-state index in [0.29, 0.717) is 0 Å². The van der Waals surface area contributed by atoms with Crippen LogP contribution in [0.2, 0.25) is 0 Å². The maximum absolute atomic E-state index is 4.18. The highest BCUT2D eigenvalue weighted by Crippen LogP contribution is 2.13. The van der Waals surface area contributed by atoms with Crippen molar-refractivity contribution in [2.45, 2.75) is 6.42 Å². The van der Waals surface area contributed by atoms with Crippen molar-refractivity contribution < 1.29 is 0 Å². The largest absolute Gasteiger partial charge is 0.253 e. The van der Waals surface area contributed by atoms with Crippen molar-refractivity contribution >= 4 is 15.9 Å². The van der Waals surface area contributed by atoms with Crippen LogP contribution in [0.15, 0.2) is 35.1 Å². The first-order chi connectivity index (χ1) is 6.75. The molecule has 0 aliphatic rings. The molecule has 0 spiro atoms. The maximum atomic E-state index is 4.18. The molecule has 72 valence electrons. The monoisotopic (exact) mass is 251 g/mol. The van der Waals surface area contributed by atoms with Crippen LogP contribution >= 0.6 is 15.9 Å². The number of hydrogen-bond acceptors (Lipinski definition) is 2. The van der Waals surface area contributed by atoms with E-state index in [4.69, 9.17) is 0 Å². The average Bonchev–Trinajstić information content (AvgIpc) is 2.52. The number of hydrogen-bond donors (Lipinski definition) is 0. The van der Waals surface area contributed by atoms with Gasteiger partial charge in [-0.2, -0.15) is 5.10 Å². The summed E-state index contributed by atoms with van der Waals surface area (Å²) in [7, 11) is 1.90. The molecule has 0 aliphatic heterocycles. The predicted octanol–water partition coefficient (Wildman–Crippen LogP) is 2.17. The van der Waals surface area contributed by atoms with E-state index in [-0.39, 0.29) is 0 Å². The molecule has 0 aliphatic carbocycles. The zero-order valence-corrected chi connectivity index (χ0v) is 9.40. The van der Waals surface area contributed by atoms with E-state index in [0.717, 1.165) is 16.7 Å². The van der Waals surface area contributed by atoms with E-state index in [1.807, 2.05) is 19.2 Å². The van der Waals surface area contributed by atoms with E-state index in [2.05, 4.69) is 38.1 Å². The zero-order valence-electron chi connectivity index (χ0n) is 7.81. The fraction of sp³-hybridized carbons (Fsp3) is 0.200. The van der Waals surface area contributed by atoms with Gasteiger partial charge >= 0.3 is 0 Å². The van der Waals surface area contributed by atoms with Gasteiger partial charge in [0.25, 0.3) is 0 Å². The molecule has 0 fully saturated rings. The van der Waals surface area contributed by atoms with Crippen molar-refractivity contribution in [3.8, 4) is 0 Å². The van der Waals surface area contributed by atoms with Crippen LogP contribution in [0, 0.1) is 0 Å². The summed E-state index contributed by atoms with van der Waals surface area (Å²) < 4.78 is 2.89. The standard InChI is InChI=1S/C10H10BrN3/c1-14-10(12-7-13-14)6-8-3-2-4-9(11)5-8/h2-5,7H,6H2,1H3. The van der Waals surface area contributed by atoms with Crippen molar-refractivity contribution in [2.75, 3.05) is 0 Å². The van der Waals surface area contributed by atoms with Crippen LogP contribution in [-0.4, -0.2) is 14.8 Å². The normalized spacial score (nSPS) is 10.4. The molecule has 0 saturated heterocycles. The summed E-state index contributed by atoms with van der Waals surface area (Å²) in [6.07, 6.45) is 2.39. The number of rotatable bonds is 2. The summed E-state index contributed by atoms with van der Waals surface area (Å²) in [6, 6.07) is 8.21. The number of aromatic nitrogens is 3. The molecule has 0 N–H and O–H groups in total. The summed E-state index contributed by atoms with van der Waals surface area (Å²) >= 11 is 3.44. The van der Waals surface area contributed by atoms with Crippen molar-refractivity contribution in [3.05, 3.63) is 46.5 Å². The van der Waals surface area contributed by atoms with Crippen LogP contribution in [0.3, 0.4) is 0 Å². The highest BCUT2D eigenvalue weighted by Gasteiger charge is 2.01. The molecule has 3 nitrogen and oxygen atoms in total. The Morgan fingerprint density at radius 3 is 2.93 bits per heavy atom. The Morgan fingerprint density at radius 1 is 1.43 bits per heavy atom. The molecule has 0 atom stereocenters. The third-order valence-electron chi connectivity index (χ3n) is 2.06. The second-order valence-electron chi connectivity index (χ2n) is 3.11. The van der Waals surface area contributed by atoms with Crippen molar-refractivity contribution in [1.82, 2.24) is 14.8 Å². The quantitative estimate of drug-likeness (QED) is 0.820. The highest BCUT2D eigenvalue weighted by molar-refractivity contribution is 9.10. The van der Waals surface area contributed by atoms with Crippen molar-refractivity contribution in [3.63, 3.8) is 0 Å². The molecule has 1 aromatic heterocycles. The Labute approximate surface area is 90.9 Å². The van der Waals surface area contributed by atoms with Gasteiger partial charge in [0.2, 0.25) is 0 Å². The summed E-state index contributed by atoms with van der Waals surface area (Å²) in [5, 5.41) is 4.03. The fourth-order valence-electron chi connectivity index (χ4n) is 1.31. The fourth-order valence-corrected chi connectivity index (χ4v) is 1.76. The van der Waals surface area contributed by atoms with Crippen molar-refractivity contribution in [1.29, 1.82) is 0 Å². The lowest BCUT2D eigenvalue weighted by atomic mass is 10.1. The summed E-state index contributed by atoms with van der Waals surface area (Å²) in [6.45, 7) is 0. The first kappa shape index (κ1) is 9.40. The van der Waals surface area contributed by atoms with Crippen LogP contribution in [0.25, 0.3) is 0 Å². The van der Waals surface area contributed by atoms with Crippen LogP contribution < -0.4 is 0 Å². The lowest BCUT2D eigenvalue weighted by molar-refractivity contribution is 0.716. The minimum Gasteiger partial charge on any atom is -0.253 e. The molecule has 0 saturated carbocycles. The van der Waals surface area contributed by atoms with E-state index in [9.17, 15) is 0 Å². The first-order valence-corrected chi connectivity index (χ1v) is 5.12. The molecular weight excluding hydrogens is 242 g/mol. The Kier molecular flexibility index (Phi) is 2.63. The highest BCUT2D eigenvalue weighted by atomic mass is 79.9. The lowest BCUT2D eigenvalue weighted by Gasteiger charge is -2.01. The summed E-state index contributed by atoms with van der Waals surface area (Å²) in [5.74, 6) is 0.975. The second-order valence-corrected chi connectivity index (χ2v) is 4.02. The number of nitrogens with zero attached hydrogens (tertiary/aromatic N) is 3. The Hall–Kier alpha value is -1.16. The van der Waals surface area contributed by atoms with Crippen LogP contribution in [-0.2, 0) is 13.5 Å².